The van der Waals surface area contributed by atoms with E-state index in [1.54, 1.807) is 6.20 Å². The lowest BCUT2D eigenvalue weighted by Crippen LogP contribution is -2.07. The van der Waals surface area contributed by atoms with Gasteiger partial charge in [-0.2, -0.15) is 13.2 Å². The Bertz CT molecular complexity index is 593. The largest absolute Gasteiger partial charge is 0.417 e. The summed E-state index contributed by atoms with van der Waals surface area (Å²) in [5.74, 6) is 0. The van der Waals surface area contributed by atoms with Gasteiger partial charge in [0.25, 0.3) is 0 Å². The minimum Gasteiger partial charge on any atom is -0.220 e. The highest BCUT2D eigenvalue weighted by Crippen LogP contribution is 2.36. The minimum atomic E-state index is -4.42. The number of nitrogens with zero attached hydrogens (tertiary/aromatic N) is 3. The van der Waals surface area contributed by atoms with Crippen molar-refractivity contribution in [2.75, 3.05) is 0 Å². The highest BCUT2D eigenvalue weighted by molar-refractivity contribution is 9.10. The summed E-state index contributed by atoms with van der Waals surface area (Å²) < 4.78 is 39.7. The monoisotopic (exact) mass is 397 g/mol. The number of hydrogen-bond donors (Lipinski definition) is 0. The highest BCUT2D eigenvalue weighted by Gasteiger charge is 2.33. The van der Waals surface area contributed by atoms with E-state index in [1.165, 1.54) is 16.8 Å². The van der Waals surface area contributed by atoms with E-state index in [0.29, 0.717) is 11.4 Å². The molecule has 0 aliphatic carbocycles. The Kier molecular flexibility index (Phi) is 4.00. The van der Waals surface area contributed by atoms with Crippen LogP contribution < -0.4 is 0 Å². The fourth-order valence-electron chi connectivity index (χ4n) is 1.46. The molecule has 0 saturated carbocycles. The Morgan fingerprint density at radius 1 is 1.32 bits per heavy atom. The zero-order valence-electron chi connectivity index (χ0n) is 9.62. The van der Waals surface area contributed by atoms with Gasteiger partial charge in [0.15, 0.2) is 0 Å². The third-order valence-electron chi connectivity index (χ3n) is 2.44. The second-order valence-corrected chi connectivity index (χ2v) is 6.09. The van der Waals surface area contributed by atoms with Crippen molar-refractivity contribution in [2.24, 2.45) is 0 Å². The SMILES string of the molecule is CC(Br)c1cn(-c2ccc(Br)c(C(F)(F)F)c2)nn1. The molecule has 102 valence electrons. The van der Waals surface area contributed by atoms with E-state index in [-0.39, 0.29) is 9.30 Å². The Morgan fingerprint density at radius 2 is 2.00 bits per heavy atom. The quantitative estimate of drug-likeness (QED) is 0.697. The molecule has 1 atom stereocenters. The van der Waals surface area contributed by atoms with Gasteiger partial charge in [-0.05, 0) is 25.1 Å². The summed E-state index contributed by atoms with van der Waals surface area (Å²) in [5.41, 5.74) is 0.216. The van der Waals surface area contributed by atoms with Crippen LogP contribution in [0.2, 0.25) is 0 Å². The van der Waals surface area contributed by atoms with Crippen LogP contribution in [0.25, 0.3) is 5.69 Å². The predicted molar refractivity (Wildman–Crippen MR) is 71.4 cm³/mol. The number of halogens is 5. The summed E-state index contributed by atoms with van der Waals surface area (Å²) in [5, 5.41) is 7.69. The summed E-state index contributed by atoms with van der Waals surface area (Å²) in [6.07, 6.45) is -2.83. The fraction of sp³-hybridized carbons (Fsp3) is 0.273. The summed E-state index contributed by atoms with van der Waals surface area (Å²) in [4.78, 5) is -0.0150. The van der Waals surface area contributed by atoms with Crippen molar-refractivity contribution < 1.29 is 13.2 Å². The molecular weight excluding hydrogens is 391 g/mol. The van der Waals surface area contributed by atoms with Crippen molar-refractivity contribution in [3.63, 3.8) is 0 Å². The van der Waals surface area contributed by atoms with Crippen molar-refractivity contribution in [2.45, 2.75) is 17.9 Å². The number of benzene rings is 1. The third-order valence-corrected chi connectivity index (χ3v) is 3.60. The van der Waals surface area contributed by atoms with Crippen molar-refractivity contribution >= 4 is 31.9 Å². The highest BCUT2D eigenvalue weighted by atomic mass is 79.9. The van der Waals surface area contributed by atoms with Gasteiger partial charge < -0.3 is 0 Å². The van der Waals surface area contributed by atoms with E-state index >= 15 is 0 Å². The first-order chi connectivity index (χ1) is 8.79. The molecule has 0 aliphatic rings. The van der Waals surface area contributed by atoms with Crippen LogP contribution >= 0.6 is 31.9 Å². The Labute approximate surface area is 124 Å². The molecule has 0 bridgehead atoms. The fourth-order valence-corrected chi connectivity index (χ4v) is 2.14. The molecule has 1 aromatic carbocycles. The van der Waals surface area contributed by atoms with Crippen LogP contribution in [0.1, 0.15) is 23.0 Å². The molecule has 0 saturated heterocycles. The molecule has 1 unspecified atom stereocenters. The molecule has 3 nitrogen and oxygen atoms in total. The normalized spacial score (nSPS) is 13.6. The molecule has 0 spiro atoms. The molecule has 0 amide bonds. The van der Waals surface area contributed by atoms with Crippen LogP contribution in [0.15, 0.2) is 28.9 Å². The molecule has 8 heteroatoms. The van der Waals surface area contributed by atoms with E-state index in [0.717, 1.165) is 6.07 Å². The molecule has 2 aromatic rings. The van der Waals surface area contributed by atoms with Gasteiger partial charge in [-0.15, -0.1) is 5.10 Å². The van der Waals surface area contributed by atoms with Gasteiger partial charge in [-0.25, -0.2) is 4.68 Å². The molecule has 1 aromatic heterocycles. The van der Waals surface area contributed by atoms with E-state index in [1.807, 2.05) is 6.92 Å². The van der Waals surface area contributed by atoms with Gasteiger partial charge in [0, 0.05) is 4.47 Å². The zero-order chi connectivity index (χ0) is 14.2. The number of hydrogen-bond acceptors (Lipinski definition) is 2. The predicted octanol–water partition coefficient (Wildman–Crippen LogP) is 4.50. The number of rotatable bonds is 2. The van der Waals surface area contributed by atoms with Crippen LogP contribution in [0, 0.1) is 0 Å². The van der Waals surface area contributed by atoms with Gasteiger partial charge in [0.1, 0.15) is 0 Å². The first-order valence-electron chi connectivity index (χ1n) is 5.22. The van der Waals surface area contributed by atoms with Gasteiger partial charge >= 0.3 is 6.18 Å². The van der Waals surface area contributed by atoms with Crippen LogP contribution in [0.3, 0.4) is 0 Å². The maximum atomic E-state index is 12.8. The first-order valence-corrected chi connectivity index (χ1v) is 6.93. The van der Waals surface area contributed by atoms with E-state index in [2.05, 4.69) is 42.2 Å². The maximum absolute atomic E-state index is 12.8. The molecule has 1 heterocycles. The lowest BCUT2D eigenvalue weighted by Gasteiger charge is -2.10. The van der Waals surface area contributed by atoms with Crippen LogP contribution in [0.4, 0.5) is 13.2 Å². The second kappa shape index (κ2) is 5.24. The molecule has 2 rings (SSSR count). The van der Waals surface area contributed by atoms with Crippen molar-refractivity contribution in [1.29, 1.82) is 0 Å². The second-order valence-electron chi connectivity index (χ2n) is 3.87. The third kappa shape index (κ3) is 3.17. The van der Waals surface area contributed by atoms with E-state index in [4.69, 9.17) is 0 Å². The van der Waals surface area contributed by atoms with Crippen LogP contribution in [0.5, 0.6) is 0 Å². The summed E-state index contributed by atoms with van der Waals surface area (Å²) >= 11 is 6.22. The van der Waals surface area contributed by atoms with Gasteiger partial charge in [-0.1, -0.05) is 37.1 Å². The average Bonchev–Trinajstić information content (AvgIpc) is 2.77. The smallest absolute Gasteiger partial charge is 0.220 e. The van der Waals surface area contributed by atoms with Crippen LogP contribution in [-0.4, -0.2) is 15.0 Å². The molecule has 0 N–H and O–H groups in total. The first kappa shape index (κ1) is 14.5. The zero-order valence-corrected chi connectivity index (χ0v) is 12.8. The van der Waals surface area contributed by atoms with Crippen LogP contribution in [-0.2, 0) is 6.18 Å². The number of aromatic nitrogens is 3. The lowest BCUT2D eigenvalue weighted by atomic mass is 10.2. The van der Waals surface area contributed by atoms with Crippen molar-refractivity contribution in [3.05, 3.63) is 40.1 Å². The molecule has 19 heavy (non-hydrogen) atoms. The van der Waals surface area contributed by atoms with Gasteiger partial charge in [0.2, 0.25) is 0 Å². The van der Waals surface area contributed by atoms with Crippen molar-refractivity contribution in [1.82, 2.24) is 15.0 Å². The molecule has 0 radical (unpaired) electrons. The Hall–Kier alpha value is -0.890. The lowest BCUT2D eigenvalue weighted by molar-refractivity contribution is -0.138. The average molecular weight is 399 g/mol. The standard InChI is InChI=1S/C11H8Br2F3N3/c1-6(12)10-5-19(18-17-10)7-2-3-9(13)8(4-7)11(14,15)16/h2-6H,1H3. The number of alkyl halides is 4. The maximum Gasteiger partial charge on any atom is 0.417 e. The summed E-state index contributed by atoms with van der Waals surface area (Å²) in [7, 11) is 0. The van der Waals surface area contributed by atoms with E-state index in [9.17, 15) is 13.2 Å². The molecule has 0 fully saturated rings. The molecule has 0 aliphatic heterocycles. The Morgan fingerprint density at radius 3 is 2.53 bits per heavy atom. The van der Waals surface area contributed by atoms with Gasteiger partial charge in [0.05, 0.1) is 28.0 Å². The minimum absolute atomic E-state index is 0.00190. The summed E-state index contributed by atoms with van der Waals surface area (Å²) in [6, 6.07) is 3.91. The molecular formula is C11H8Br2F3N3. The van der Waals surface area contributed by atoms with Gasteiger partial charge in [-0.3, -0.25) is 0 Å². The Balaban J connectivity index is 2.45. The van der Waals surface area contributed by atoms with Crippen molar-refractivity contribution in [3.8, 4) is 5.69 Å². The van der Waals surface area contributed by atoms with E-state index < -0.39 is 11.7 Å². The summed E-state index contributed by atoms with van der Waals surface area (Å²) in [6.45, 7) is 1.86. The topological polar surface area (TPSA) is 30.7 Å².